The fraction of sp³-hybridized carbons (Fsp3) is 0. The second kappa shape index (κ2) is 2.99. The first-order valence-corrected chi connectivity index (χ1v) is 4.17. The van der Waals surface area contributed by atoms with Crippen molar-refractivity contribution in [2.24, 2.45) is 0 Å². The van der Waals surface area contributed by atoms with Crippen molar-refractivity contribution in [3.8, 4) is 0 Å². The average molecular weight is 214 g/mol. The Morgan fingerprint density at radius 3 is 2.86 bits per heavy atom. The van der Waals surface area contributed by atoms with Crippen LogP contribution >= 0.6 is 11.6 Å². The maximum Gasteiger partial charge on any atom is 0.339 e. The lowest BCUT2D eigenvalue weighted by atomic mass is 10.2. The van der Waals surface area contributed by atoms with Gasteiger partial charge in [0.1, 0.15) is 16.5 Å². The lowest BCUT2D eigenvalue weighted by molar-refractivity contribution is 0.0699. The Morgan fingerprint density at radius 2 is 2.21 bits per heavy atom. The van der Waals surface area contributed by atoms with Crippen molar-refractivity contribution in [1.82, 2.24) is 4.98 Å². The first kappa shape index (κ1) is 9.02. The van der Waals surface area contributed by atoms with Gasteiger partial charge in [0.25, 0.3) is 0 Å². The zero-order valence-corrected chi connectivity index (χ0v) is 7.60. The summed E-state index contributed by atoms with van der Waals surface area (Å²) in [4.78, 5) is 13.4. The molecule has 2 rings (SSSR count). The van der Waals surface area contributed by atoms with Gasteiger partial charge in [0.05, 0.1) is 5.52 Å². The Labute approximate surface area is 83.1 Å². The molecule has 1 aromatic heterocycles. The van der Waals surface area contributed by atoms with E-state index in [1.54, 1.807) is 0 Å². The van der Waals surface area contributed by atoms with E-state index in [9.17, 15) is 9.18 Å². The number of fused-ring (bicyclic) bond motifs is 1. The monoisotopic (exact) mass is 213 g/mol. The number of hydrogen-bond acceptors (Lipinski definition) is 1. The standard InChI is InChI=1S/C9H5ClFNO2/c10-8-7(9(13)14)5-2-1-4(11)3-6(5)12-8/h1-3,12H,(H,13,14). The fourth-order valence-electron chi connectivity index (χ4n) is 1.35. The highest BCUT2D eigenvalue weighted by Gasteiger charge is 2.16. The van der Waals surface area contributed by atoms with Crippen molar-refractivity contribution >= 4 is 28.5 Å². The largest absolute Gasteiger partial charge is 0.478 e. The van der Waals surface area contributed by atoms with Gasteiger partial charge in [0.15, 0.2) is 0 Å². The van der Waals surface area contributed by atoms with Crippen molar-refractivity contribution in [3.63, 3.8) is 0 Å². The van der Waals surface area contributed by atoms with E-state index in [0.717, 1.165) is 0 Å². The molecule has 72 valence electrons. The molecule has 2 aromatic rings. The molecule has 1 aromatic carbocycles. The lowest BCUT2D eigenvalue weighted by Gasteiger charge is -1.92. The van der Waals surface area contributed by atoms with Gasteiger partial charge < -0.3 is 10.1 Å². The molecular formula is C9H5ClFNO2. The van der Waals surface area contributed by atoms with E-state index < -0.39 is 11.8 Å². The smallest absolute Gasteiger partial charge is 0.339 e. The Hall–Kier alpha value is -1.55. The lowest BCUT2D eigenvalue weighted by Crippen LogP contribution is -1.94. The summed E-state index contributed by atoms with van der Waals surface area (Å²) in [5, 5.41) is 9.24. The van der Waals surface area contributed by atoms with E-state index in [1.165, 1.54) is 18.2 Å². The molecule has 0 saturated heterocycles. The van der Waals surface area contributed by atoms with Crippen LogP contribution in [0.15, 0.2) is 18.2 Å². The molecule has 0 spiro atoms. The summed E-state index contributed by atoms with van der Waals surface area (Å²) >= 11 is 5.66. The average Bonchev–Trinajstić information content (AvgIpc) is 2.39. The van der Waals surface area contributed by atoms with Crippen molar-refractivity contribution in [3.05, 3.63) is 34.7 Å². The van der Waals surface area contributed by atoms with Crippen LogP contribution in [0, 0.1) is 5.82 Å². The molecule has 0 bridgehead atoms. The number of carbonyl (C=O) groups is 1. The second-order valence-electron chi connectivity index (χ2n) is 2.81. The number of aromatic amines is 1. The summed E-state index contributed by atoms with van der Waals surface area (Å²) in [6.45, 7) is 0. The van der Waals surface area contributed by atoms with Crippen LogP contribution in [0.1, 0.15) is 10.4 Å². The number of benzene rings is 1. The van der Waals surface area contributed by atoms with Crippen LogP contribution in [0.2, 0.25) is 5.15 Å². The van der Waals surface area contributed by atoms with Gasteiger partial charge in [-0.1, -0.05) is 11.6 Å². The van der Waals surface area contributed by atoms with Crippen LogP contribution in [0.5, 0.6) is 0 Å². The van der Waals surface area contributed by atoms with Crippen LogP contribution in [0.25, 0.3) is 10.9 Å². The van der Waals surface area contributed by atoms with Gasteiger partial charge in [-0.3, -0.25) is 0 Å². The SMILES string of the molecule is O=C(O)c1c(Cl)[nH]c2cc(F)ccc12. The summed E-state index contributed by atoms with van der Waals surface area (Å²) < 4.78 is 12.8. The third kappa shape index (κ3) is 1.24. The predicted octanol–water partition coefficient (Wildman–Crippen LogP) is 2.66. The van der Waals surface area contributed by atoms with E-state index in [4.69, 9.17) is 16.7 Å². The normalized spacial score (nSPS) is 10.7. The first-order valence-electron chi connectivity index (χ1n) is 3.79. The number of nitrogens with one attached hydrogen (secondary N) is 1. The Bertz CT molecular complexity index is 521. The summed E-state index contributed by atoms with van der Waals surface area (Å²) in [6.07, 6.45) is 0. The number of aromatic carboxylic acids is 1. The molecular weight excluding hydrogens is 209 g/mol. The van der Waals surface area contributed by atoms with Gasteiger partial charge in [-0.25, -0.2) is 9.18 Å². The van der Waals surface area contributed by atoms with E-state index >= 15 is 0 Å². The number of hydrogen-bond donors (Lipinski definition) is 2. The maximum atomic E-state index is 12.8. The van der Waals surface area contributed by atoms with Gasteiger partial charge in [0.2, 0.25) is 0 Å². The molecule has 0 amide bonds. The summed E-state index contributed by atoms with van der Waals surface area (Å²) in [5.41, 5.74) is 0.356. The Kier molecular flexibility index (Phi) is 1.93. The van der Waals surface area contributed by atoms with Crippen LogP contribution < -0.4 is 0 Å². The zero-order chi connectivity index (χ0) is 10.3. The molecule has 0 aliphatic carbocycles. The van der Waals surface area contributed by atoms with Crippen LogP contribution in [0.4, 0.5) is 4.39 Å². The number of aromatic nitrogens is 1. The summed E-state index contributed by atoms with van der Waals surface area (Å²) in [7, 11) is 0. The summed E-state index contributed by atoms with van der Waals surface area (Å²) in [5.74, 6) is -1.57. The van der Waals surface area contributed by atoms with Crippen LogP contribution in [-0.2, 0) is 0 Å². The predicted molar refractivity (Wildman–Crippen MR) is 50.2 cm³/mol. The topological polar surface area (TPSA) is 53.1 Å². The fourth-order valence-corrected chi connectivity index (χ4v) is 1.63. The van der Waals surface area contributed by atoms with Crippen LogP contribution in [0.3, 0.4) is 0 Å². The molecule has 0 unspecified atom stereocenters. The zero-order valence-electron chi connectivity index (χ0n) is 6.84. The summed E-state index contributed by atoms with van der Waals surface area (Å²) in [6, 6.07) is 3.78. The minimum atomic E-state index is -1.13. The molecule has 0 atom stereocenters. The molecule has 0 fully saturated rings. The number of carboxylic acids is 1. The van der Waals surface area contributed by atoms with Crippen molar-refractivity contribution in [2.45, 2.75) is 0 Å². The molecule has 2 N–H and O–H groups in total. The number of H-pyrrole nitrogens is 1. The Balaban J connectivity index is 2.84. The number of rotatable bonds is 1. The first-order chi connectivity index (χ1) is 6.59. The highest BCUT2D eigenvalue weighted by atomic mass is 35.5. The van der Waals surface area contributed by atoms with Gasteiger partial charge in [-0.2, -0.15) is 0 Å². The Morgan fingerprint density at radius 1 is 1.50 bits per heavy atom. The maximum absolute atomic E-state index is 12.8. The van der Waals surface area contributed by atoms with Gasteiger partial charge in [0, 0.05) is 5.39 Å². The molecule has 0 aliphatic rings. The third-order valence-electron chi connectivity index (χ3n) is 1.93. The molecule has 0 saturated carbocycles. The molecule has 14 heavy (non-hydrogen) atoms. The van der Waals surface area contributed by atoms with Crippen molar-refractivity contribution < 1.29 is 14.3 Å². The molecule has 3 nitrogen and oxygen atoms in total. The highest BCUT2D eigenvalue weighted by molar-refractivity contribution is 6.34. The minimum Gasteiger partial charge on any atom is -0.478 e. The third-order valence-corrected chi connectivity index (χ3v) is 2.21. The molecule has 0 radical (unpaired) electrons. The molecule has 5 heteroatoms. The van der Waals surface area contributed by atoms with E-state index in [1.807, 2.05) is 0 Å². The number of carboxylic acid groups (broad SMARTS) is 1. The van der Waals surface area contributed by atoms with Gasteiger partial charge >= 0.3 is 5.97 Å². The second-order valence-corrected chi connectivity index (χ2v) is 3.19. The minimum absolute atomic E-state index is 0.0121. The van der Waals surface area contributed by atoms with Gasteiger partial charge in [-0.15, -0.1) is 0 Å². The molecule has 0 aliphatic heterocycles. The van der Waals surface area contributed by atoms with E-state index in [0.29, 0.717) is 10.9 Å². The number of halogens is 2. The quantitative estimate of drug-likeness (QED) is 0.765. The van der Waals surface area contributed by atoms with E-state index in [-0.39, 0.29) is 10.7 Å². The van der Waals surface area contributed by atoms with Crippen molar-refractivity contribution in [1.29, 1.82) is 0 Å². The van der Waals surface area contributed by atoms with E-state index in [2.05, 4.69) is 4.98 Å². The van der Waals surface area contributed by atoms with Gasteiger partial charge in [-0.05, 0) is 18.2 Å². The molecule has 1 heterocycles. The van der Waals surface area contributed by atoms with Crippen LogP contribution in [-0.4, -0.2) is 16.1 Å². The van der Waals surface area contributed by atoms with Crippen molar-refractivity contribution in [2.75, 3.05) is 0 Å². The highest BCUT2D eigenvalue weighted by Crippen LogP contribution is 2.26.